The molecule has 0 aromatic carbocycles. The lowest BCUT2D eigenvalue weighted by Gasteiger charge is -2.09. The summed E-state index contributed by atoms with van der Waals surface area (Å²) in [4.78, 5) is 0.981. The molecule has 2 nitrogen and oxygen atoms in total. The first kappa shape index (κ1) is 9.03. The zero-order valence-electron chi connectivity index (χ0n) is 7.69. The second-order valence-corrected chi connectivity index (χ2v) is 4.50. The van der Waals surface area contributed by atoms with Gasteiger partial charge in [0.25, 0.3) is 0 Å². The van der Waals surface area contributed by atoms with Crippen LogP contribution in [0.25, 0.3) is 0 Å². The largest absolute Gasteiger partial charge is 0.495 e. The van der Waals surface area contributed by atoms with E-state index in [2.05, 4.69) is 0 Å². The zero-order chi connectivity index (χ0) is 9.26. The molecule has 0 spiro atoms. The summed E-state index contributed by atoms with van der Waals surface area (Å²) in [5, 5.41) is 11.8. The fourth-order valence-corrected chi connectivity index (χ4v) is 2.36. The van der Waals surface area contributed by atoms with E-state index in [0.717, 1.165) is 23.0 Å². The first-order valence-electron chi connectivity index (χ1n) is 4.60. The van der Waals surface area contributed by atoms with Gasteiger partial charge in [0.05, 0.1) is 18.1 Å². The lowest BCUT2D eigenvalue weighted by Crippen LogP contribution is -1.97. The van der Waals surface area contributed by atoms with Crippen LogP contribution in [0.4, 0.5) is 0 Å². The highest BCUT2D eigenvalue weighted by atomic mass is 32.1. The van der Waals surface area contributed by atoms with Gasteiger partial charge in [-0.15, -0.1) is 11.3 Å². The highest BCUT2D eigenvalue weighted by molar-refractivity contribution is 7.10. The van der Waals surface area contributed by atoms with Gasteiger partial charge in [-0.3, -0.25) is 0 Å². The van der Waals surface area contributed by atoms with Gasteiger partial charge in [-0.1, -0.05) is 12.8 Å². The maximum absolute atomic E-state index is 9.86. The molecule has 1 atom stereocenters. The van der Waals surface area contributed by atoms with Crippen LogP contribution in [0.5, 0.6) is 5.75 Å². The molecule has 72 valence electrons. The maximum Gasteiger partial charge on any atom is 0.135 e. The minimum absolute atomic E-state index is 0.317. The monoisotopic (exact) mass is 198 g/mol. The second kappa shape index (κ2) is 3.68. The Morgan fingerprint density at radius 2 is 2.46 bits per heavy atom. The van der Waals surface area contributed by atoms with E-state index in [1.165, 1.54) is 12.8 Å². The minimum atomic E-state index is -0.317. The predicted octanol–water partition coefficient (Wildman–Crippen LogP) is 2.59. The lowest BCUT2D eigenvalue weighted by molar-refractivity contribution is 0.160. The highest BCUT2D eigenvalue weighted by Gasteiger charge is 2.26. The van der Waals surface area contributed by atoms with Crippen LogP contribution in [-0.2, 0) is 0 Å². The second-order valence-electron chi connectivity index (χ2n) is 3.55. The van der Waals surface area contributed by atoms with Crippen LogP contribution < -0.4 is 4.74 Å². The summed E-state index contributed by atoms with van der Waals surface area (Å²) in [6, 6.07) is 1.91. The van der Waals surface area contributed by atoms with E-state index in [9.17, 15) is 5.11 Å². The summed E-state index contributed by atoms with van der Waals surface area (Å²) in [6.45, 7) is 0. The molecule has 1 aliphatic rings. The van der Waals surface area contributed by atoms with E-state index in [1.54, 1.807) is 18.4 Å². The van der Waals surface area contributed by atoms with Crippen LogP contribution in [0.2, 0.25) is 0 Å². The number of methoxy groups -OCH3 is 1. The first-order chi connectivity index (χ1) is 6.31. The fraction of sp³-hybridized carbons (Fsp3) is 0.600. The van der Waals surface area contributed by atoms with E-state index in [-0.39, 0.29) is 6.10 Å². The molecule has 13 heavy (non-hydrogen) atoms. The molecule has 1 heterocycles. The van der Waals surface area contributed by atoms with Crippen LogP contribution in [0.3, 0.4) is 0 Å². The van der Waals surface area contributed by atoms with Gasteiger partial charge in [0, 0.05) is 0 Å². The number of hydrogen-bond acceptors (Lipinski definition) is 3. The molecular weight excluding hydrogens is 184 g/mol. The molecule has 1 unspecified atom stereocenters. The minimum Gasteiger partial charge on any atom is -0.495 e. The molecule has 0 radical (unpaired) electrons. The Morgan fingerprint density at radius 3 is 3.08 bits per heavy atom. The van der Waals surface area contributed by atoms with Crippen molar-refractivity contribution in [3.8, 4) is 5.75 Å². The molecule has 0 amide bonds. The Balaban J connectivity index is 2.04. The van der Waals surface area contributed by atoms with Gasteiger partial charge in [-0.25, -0.2) is 0 Å². The molecule has 3 heteroatoms. The topological polar surface area (TPSA) is 29.5 Å². The van der Waals surface area contributed by atoms with Crippen molar-refractivity contribution < 1.29 is 9.84 Å². The Hall–Kier alpha value is -0.540. The van der Waals surface area contributed by atoms with Crippen molar-refractivity contribution in [3.05, 3.63) is 16.3 Å². The third-order valence-electron chi connectivity index (χ3n) is 2.43. The molecule has 1 aliphatic carbocycles. The molecule has 1 N–H and O–H groups in total. The molecule has 1 aromatic heterocycles. The zero-order valence-corrected chi connectivity index (χ0v) is 8.51. The predicted molar refractivity (Wildman–Crippen MR) is 53.2 cm³/mol. The summed E-state index contributed by atoms with van der Waals surface area (Å²) in [5.41, 5.74) is 0. The van der Waals surface area contributed by atoms with Crippen LogP contribution in [0.1, 0.15) is 30.2 Å². The summed E-state index contributed by atoms with van der Waals surface area (Å²) < 4.78 is 5.16. The number of hydrogen-bond donors (Lipinski definition) is 1. The maximum atomic E-state index is 9.86. The van der Waals surface area contributed by atoms with Crippen LogP contribution in [0.15, 0.2) is 11.4 Å². The smallest absolute Gasteiger partial charge is 0.135 e. The van der Waals surface area contributed by atoms with Crippen LogP contribution in [-0.4, -0.2) is 12.2 Å². The third-order valence-corrected chi connectivity index (χ3v) is 3.43. The quantitative estimate of drug-likeness (QED) is 0.805. The summed E-state index contributed by atoms with van der Waals surface area (Å²) in [6.07, 6.45) is 3.15. The molecule has 0 aliphatic heterocycles. The Labute approximate surface area is 82.2 Å². The van der Waals surface area contributed by atoms with Gasteiger partial charge in [0.15, 0.2) is 0 Å². The summed E-state index contributed by atoms with van der Waals surface area (Å²) in [5.74, 6) is 1.58. The first-order valence-corrected chi connectivity index (χ1v) is 5.48. The molecule has 1 saturated carbocycles. The number of rotatable bonds is 4. The van der Waals surface area contributed by atoms with Crippen molar-refractivity contribution in [2.45, 2.75) is 25.4 Å². The highest BCUT2D eigenvalue weighted by Crippen LogP contribution is 2.41. The Bertz CT molecular complexity index is 278. The van der Waals surface area contributed by atoms with Crippen molar-refractivity contribution >= 4 is 11.3 Å². The Kier molecular flexibility index (Phi) is 2.56. The van der Waals surface area contributed by atoms with E-state index in [4.69, 9.17) is 4.74 Å². The molecule has 0 saturated heterocycles. The SMILES string of the molecule is COc1ccsc1C(O)CC1CC1. The summed E-state index contributed by atoms with van der Waals surface area (Å²) in [7, 11) is 1.65. The average molecular weight is 198 g/mol. The fourth-order valence-electron chi connectivity index (χ4n) is 1.50. The normalized spacial score (nSPS) is 18.6. The van der Waals surface area contributed by atoms with Gasteiger partial charge >= 0.3 is 0 Å². The number of ether oxygens (including phenoxy) is 1. The van der Waals surface area contributed by atoms with Gasteiger partial charge in [0.1, 0.15) is 5.75 Å². The molecule has 2 rings (SSSR count). The van der Waals surface area contributed by atoms with Gasteiger partial charge in [0.2, 0.25) is 0 Å². The van der Waals surface area contributed by atoms with E-state index >= 15 is 0 Å². The Morgan fingerprint density at radius 1 is 1.69 bits per heavy atom. The molecule has 1 aromatic rings. The van der Waals surface area contributed by atoms with E-state index < -0.39 is 0 Å². The molecule has 0 bridgehead atoms. The van der Waals surface area contributed by atoms with Gasteiger partial charge in [-0.2, -0.15) is 0 Å². The van der Waals surface area contributed by atoms with Crippen molar-refractivity contribution in [2.24, 2.45) is 5.92 Å². The van der Waals surface area contributed by atoms with Crippen molar-refractivity contribution in [2.75, 3.05) is 7.11 Å². The van der Waals surface area contributed by atoms with Crippen molar-refractivity contribution in [3.63, 3.8) is 0 Å². The van der Waals surface area contributed by atoms with E-state index in [0.29, 0.717) is 0 Å². The lowest BCUT2D eigenvalue weighted by atomic mass is 10.1. The average Bonchev–Trinajstić information content (AvgIpc) is 2.82. The number of aliphatic hydroxyl groups is 1. The molecule has 1 fully saturated rings. The molecular formula is C10H14O2S. The number of aliphatic hydroxyl groups excluding tert-OH is 1. The summed E-state index contributed by atoms with van der Waals surface area (Å²) >= 11 is 1.58. The van der Waals surface area contributed by atoms with Crippen LogP contribution in [0, 0.1) is 5.92 Å². The van der Waals surface area contributed by atoms with Crippen LogP contribution >= 0.6 is 11.3 Å². The van der Waals surface area contributed by atoms with E-state index in [1.807, 2.05) is 11.4 Å². The number of thiophene rings is 1. The standard InChI is InChI=1S/C10H14O2S/c1-12-9-4-5-13-10(9)8(11)6-7-2-3-7/h4-5,7-8,11H,2-3,6H2,1H3. The van der Waals surface area contributed by atoms with Gasteiger partial charge in [-0.05, 0) is 23.8 Å². The van der Waals surface area contributed by atoms with Crippen molar-refractivity contribution in [1.29, 1.82) is 0 Å². The third kappa shape index (κ3) is 2.03. The van der Waals surface area contributed by atoms with Crippen molar-refractivity contribution in [1.82, 2.24) is 0 Å². The van der Waals surface area contributed by atoms with Gasteiger partial charge < -0.3 is 9.84 Å².